The van der Waals surface area contributed by atoms with Gasteiger partial charge in [-0.05, 0) is 37.0 Å². The lowest BCUT2D eigenvalue weighted by molar-refractivity contribution is -0.138. The van der Waals surface area contributed by atoms with Crippen molar-refractivity contribution in [3.63, 3.8) is 0 Å². The van der Waals surface area contributed by atoms with Gasteiger partial charge in [0.05, 0.1) is 22.3 Å². The van der Waals surface area contributed by atoms with E-state index in [0.717, 1.165) is 18.7 Å². The first kappa shape index (κ1) is 24.9. The number of likely N-dealkylation sites (tertiary alicyclic amines) is 1. The van der Waals surface area contributed by atoms with Gasteiger partial charge in [-0.1, -0.05) is 23.7 Å². The van der Waals surface area contributed by atoms with Crippen LogP contribution in [0.15, 0.2) is 48.9 Å². The van der Waals surface area contributed by atoms with Crippen molar-refractivity contribution in [2.24, 2.45) is 5.92 Å². The number of hydrogen-bond donors (Lipinski definition) is 2. The summed E-state index contributed by atoms with van der Waals surface area (Å²) in [5, 5.41) is 4.10. The Morgan fingerprint density at radius 3 is 2.84 bits per heavy atom. The fraction of sp³-hybridized carbons (Fsp3) is 0.280. The van der Waals surface area contributed by atoms with E-state index in [1.54, 1.807) is 12.3 Å². The van der Waals surface area contributed by atoms with Gasteiger partial charge in [0.1, 0.15) is 5.65 Å². The number of carbonyl (C=O) groups is 1. The van der Waals surface area contributed by atoms with E-state index in [-0.39, 0.29) is 36.2 Å². The molecule has 5 rings (SSSR count). The standard InChI is InChI=1S/C25H21ClF4N6O/c26-15-8-17-18(11-33-21(17)32-10-15)22-34-12-20(27)23(35-22)31-9-14-4-3-7-36(13-14)24(37)16-5-1-2-6-19(16)25(28,29)30/h1-2,5-6,8,10-12,14H,3-4,7,9,13H2,(H,32,33)(H,31,34,35)/t14-/m1/s1. The molecular weight excluding hydrogens is 512 g/mol. The Morgan fingerprint density at radius 1 is 1.22 bits per heavy atom. The Labute approximate surface area is 213 Å². The highest BCUT2D eigenvalue weighted by Crippen LogP contribution is 2.33. The second kappa shape index (κ2) is 9.97. The second-order valence-corrected chi connectivity index (χ2v) is 9.26. The van der Waals surface area contributed by atoms with Crippen molar-refractivity contribution in [1.29, 1.82) is 0 Å². The molecule has 1 saturated heterocycles. The molecule has 3 aromatic heterocycles. The summed E-state index contributed by atoms with van der Waals surface area (Å²) in [6.45, 7) is 0.869. The molecule has 1 aliphatic heterocycles. The van der Waals surface area contributed by atoms with Gasteiger partial charge in [0.25, 0.3) is 5.91 Å². The van der Waals surface area contributed by atoms with Gasteiger partial charge in [-0.15, -0.1) is 0 Å². The maximum Gasteiger partial charge on any atom is 0.417 e. The number of nitrogens with one attached hydrogen (secondary N) is 2. The fourth-order valence-corrected chi connectivity index (χ4v) is 4.69. The third-order valence-electron chi connectivity index (χ3n) is 6.31. The van der Waals surface area contributed by atoms with Crippen LogP contribution in [0.5, 0.6) is 0 Å². The molecule has 1 fully saturated rings. The molecule has 12 heteroatoms. The average Bonchev–Trinajstić information content (AvgIpc) is 3.30. The highest BCUT2D eigenvalue weighted by Gasteiger charge is 2.36. The molecular formula is C25H21ClF4N6O. The van der Waals surface area contributed by atoms with Crippen molar-refractivity contribution in [3.8, 4) is 11.4 Å². The molecule has 1 aliphatic rings. The van der Waals surface area contributed by atoms with Gasteiger partial charge < -0.3 is 15.2 Å². The molecule has 1 atom stereocenters. The number of pyridine rings is 1. The van der Waals surface area contributed by atoms with Crippen LogP contribution in [0.2, 0.25) is 5.02 Å². The number of carbonyl (C=O) groups excluding carboxylic acids is 1. The van der Waals surface area contributed by atoms with E-state index in [4.69, 9.17) is 11.6 Å². The van der Waals surface area contributed by atoms with Crippen LogP contribution in [-0.4, -0.2) is 50.4 Å². The number of aromatic amines is 1. The average molecular weight is 533 g/mol. The lowest BCUT2D eigenvalue weighted by Crippen LogP contribution is -2.42. The van der Waals surface area contributed by atoms with Gasteiger partial charge in [0.2, 0.25) is 0 Å². The molecule has 37 heavy (non-hydrogen) atoms. The number of halogens is 5. The molecule has 0 unspecified atom stereocenters. The Morgan fingerprint density at radius 2 is 2.03 bits per heavy atom. The second-order valence-electron chi connectivity index (χ2n) is 8.83. The largest absolute Gasteiger partial charge is 0.417 e. The van der Waals surface area contributed by atoms with E-state index < -0.39 is 23.5 Å². The molecule has 0 bridgehead atoms. The van der Waals surface area contributed by atoms with E-state index in [1.165, 1.54) is 29.3 Å². The van der Waals surface area contributed by atoms with Crippen LogP contribution in [0.1, 0.15) is 28.8 Å². The number of benzene rings is 1. The summed E-state index contributed by atoms with van der Waals surface area (Å²) in [6.07, 6.45) is 0.942. The molecule has 0 saturated carbocycles. The van der Waals surface area contributed by atoms with Crippen molar-refractivity contribution in [3.05, 3.63) is 70.9 Å². The van der Waals surface area contributed by atoms with Crippen molar-refractivity contribution < 1.29 is 22.4 Å². The van der Waals surface area contributed by atoms with Crippen molar-refractivity contribution in [2.75, 3.05) is 25.0 Å². The summed E-state index contributed by atoms with van der Waals surface area (Å²) in [4.78, 5) is 30.0. The summed E-state index contributed by atoms with van der Waals surface area (Å²) in [5.41, 5.74) is -0.139. The first-order valence-electron chi connectivity index (χ1n) is 11.6. The Bertz CT molecular complexity index is 1460. The quantitative estimate of drug-likeness (QED) is 0.317. The van der Waals surface area contributed by atoms with Gasteiger partial charge in [-0.25, -0.2) is 19.3 Å². The normalized spacial score (nSPS) is 16.2. The molecule has 192 valence electrons. The molecule has 0 aliphatic carbocycles. The zero-order chi connectivity index (χ0) is 26.2. The van der Waals surface area contributed by atoms with Crippen molar-refractivity contribution in [2.45, 2.75) is 19.0 Å². The molecule has 1 amide bonds. The number of fused-ring (bicyclic) bond motifs is 1. The van der Waals surface area contributed by atoms with Gasteiger partial charge in [-0.2, -0.15) is 13.2 Å². The minimum Gasteiger partial charge on any atom is -0.367 e. The number of rotatable bonds is 5. The SMILES string of the molecule is O=C(c1ccccc1C(F)(F)F)N1CCC[C@H](CNc2nc(-c3c[nH]c4ncc(Cl)cc34)ncc2F)C1. The number of hydrogen-bond acceptors (Lipinski definition) is 5. The topological polar surface area (TPSA) is 86.8 Å². The van der Waals surface area contributed by atoms with Crippen LogP contribution in [0, 0.1) is 11.7 Å². The van der Waals surface area contributed by atoms with E-state index in [0.29, 0.717) is 34.6 Å². The number of aromatic nitrogens is 4. The zero-order valence-electron chi connectivity index (χ0n) is 19.3. The van der Waals surface area contributed by atoms with Crippen LogP contribution in [0.25, 0.3) is 22.4 Å². The summed E-state index contributed by atoms with van der Waals surface area (Å²) in [7, 11) is 0. The molecule has 4 aromatic rings. The van der Waals surface area contributed by atoms with Gasteiger partial charge in [0, 0.05) is 43.0 Å². The summed E-state index contributed by atoms with van der Waals surface area (Å²) < 4.78 is 54.7. The Hall–Kier alpha value is -3.73. The molecule has 4 heterocycles. The van der Waals surface area contributed by atoms with Crippen LogP contribution < -0.4 is 5.32 Å². The van der Waals surface area contributed by atoms with Gasteiger partial charge in [-0.3, -0.25) is 4.79 Å². The van der Waals surface area contributed by atoms with Gasteiger partial charge >= 0.3 is 6.18 Å². The number of alkyl halides is 3. The third kappa shape index (κ3) is 5.22. The summed E-state index contributed by atoms with van der Waals surface area (Å²) >= 11 is 6.06. The monoisotopic (exact) mass is 532 g/mol. The van der Waals surface area contributed by atoms with Crippen LogP contribution in [0.3, 0.4) is 0 Å². The molecule has 0 radical (unpaired) electrons. The first-order valence-corrected chi connectivity index (χ1v) is 11.9. The molecule has 7 nitrogen and oxygen atoms in total. The van der Waals surface area contributed by atoms with E-state index in [1.807, 2.05) is 0 Å². The highest BCUT2D eigenvalue weighted by molar-refractivity contribution is 6.31. The summed E-state index contributed by atoms with van der Waals surface area (Å²) in [5.74, 6) is -1.17. The number of nitrogens with zero attached hydrogens (tertiary/aromatic N) is 4. The Balaban J connectivity index is 1.30. The van der Waals surface area contributed by atoms with E-state index in [9.17, 15) is 22.4 Å². The highest BCUT2D eigenvalue weighted by atomic mass is 35.5. The fourth-order valence-electron chi connectivity index (χ4n) is 4.53. The smallest absolute Gasteiger partial charge is 0.367 e. The molecule has 1 aromatic carbocycles. The minimum absolute atomic E-state index is 0.0137. The van der Waals surface area contributed by atoms with Crippen LogP contribution in [-0.2, 0) is 6.18 Å². The lowest BCUT2D eigenvalue weighted by atomic mass is 9.96. The predicted octanol–water partition coefficient (Wildman–Crippen LogP) is 5.80. The van der Waals surface area contributed by atoms with Gasteiger partial charge in [0.15, 0.2) is 17.5 Å². The zero-order valence-corrected chi connectivity index (χ0v) is 20.1. The molecule has 2 N–H and O–H groups in total. The third-order valence-corrected chi connectivity index (χ3v) is 6.52. The number of piperidine rings is 1. The van der Waals surface area contributed by atoms with E-state index in [2.05, 4.69) is 25.3 Å². The number of amides is 1. The van der Waals surface area contributed by atoms with Crippen molar-refractivity contribution in [1.82, 2.24) is 24.8 Å². The first-order chi connectivity index (χ1) is 17.7. The maximum absolute atomic E-state index is 14.5. The van der Waals surface area contributed by atoms with E-state index >= 15 is 0 Å². The number of H-pyrrole nitrogens is 1. The summed E-state index contributed by atoms with van der Waals surface area (Å²) in [6, 6.07) is 6.48. The molecule has 0 spiro atoms. The minimum atomic E-state index is -4.63. The lowest BCUT2D eigenvalue weighted by Gasteiger charge is -2.33. The maximum atomic E-state index is 14.5. The number of anilines is 1. The Kier molecular flexibility index (Phi) is 6.72. The van der Waals surface area contributed by atoms with Crippen LogP contribution in [0.4, 0.5) is 23.4 Å². The predicted molar refractivity (Wildman–Crippen MR) is 131 cm³/mol. The van der Waals surface area contributed by atoms with Crippen molar-refractivity contribution >= 4 is 34.4 Å². The van der Waals surface area contributed by atoms with Crippen LogP contribution >= 0.6 is 11.6 Å².